The zero-order valence-corrected chi connectivity index (χ0v) is 11.8. The largest absolute Gasteiger partial charge is 0.469 e. The van der Waals surface area contributed by atoms with Crippen LogP contribution in [0.5, 0.6) is 0 Å². The molecular weight excluding hydrogens is 262 g/mol. The van der Waals surface area contributed by atoms with Gasteiger partial charge in [0.15, 0.2) is 0 Å². The van der Waals surface area contributed by atoms with Crippen LogP contribution in [0, 0.1) is 0 Å². The number of hydrogen-bond donors (Lipinski definition) is 1. The number of ether oxygens (including phenoxy) is 1. The highest BCUT2D eigenvalue weighted by atomic mass is 32.2. The van der Waals surface area contributed by atoms with E-state index in [9.17, 15) is 18.0 Å². The van der Waals surface area contributed by atoms with Crippen LogP contribution < -0.4 is 5.32 Å². The van der Waals surface area contributed by atoms with E-state index in [0.717, 1.165) is 8.61 Å². The average molecular weight is 281 g/mol. The van der Waals surface area contributed by atoms with E-state index in [-0.39, 0.29) is 19.5 Å². The monoisotopic (exact) mass is 281 g/mol. The second kappa shape index (κ2) is 7.29. The molecule has 0 radical (unpaired) electrons. The molecule has 0 aliphatic heterocycles. The lowest BCUT2D eigenvalue weighted by atomic mass is 10.4. The van der Waals surface area contributed by atoms with E-state index in [1.165, 1.54) is 28.3 Å². The van der Waals surface area contributed by atoms with E-state index < -0.39 is 22.1 Å². The number of carbonyl (C=O) groups is 2. The van der Waals surface area contributed by atoms with Gasteiger partial charge >= 0.3 is 5.97 Å². The van der Waals surface area contributed by atoms with Gasteiger partial charge in [-0.15, -0.1) is 0 Å². The van der Waals surface area contributed by atoms with Crippen molar-refractivity contribution in [2.75, 3.05) is 41.3 Å². The molecule has 0 rings (SSSR count). The fourth-order valence-electron chi connectivity index (χ4n) is 1.07. The third-order valence-electron chi connectivity index (χ3n) is 2.29. The van der Waals surface area contributed by atoms with Gasteiger partial charge in [0.2, 0.25) is 5.91 Å². The van der Waals surface area contributed by atoms with Gasteiger partial charge in [0, 0.05) is 27.7 Å². The minimum Gasteiger partial charge on any atom is -0.469 e. The standard InChI is InChI=1S/C9H19N3O5S/c1-10-8(13)7-12(3)18(15,16)11(2)6-5-9(14)17-4/h5-7H2,1-4H3,(H,10,13). The van der Waals surface area contributed by atoms with E-state index in [0.29, 0.717) is 0 Å². The van der Waals surface area contributed by atoms with Gasteiger partial charge in [0.05, 0.1) is 20.1 Å². The van der Waals surface area contributed by atoms with E-state index in [4.69, 9.17) is 0 Å². The summed E-state index contributed by atoms with van der Waals surface area (Å²) < 4.78 is 30.1. The van der Waals surface area contributed by atoms with Crippen LogP contribution in [0.15, 0.2) is 0 Å². The first-order valence-corrected chi connectivity index (χ1v) is 6.60. The quantitative estimate of drug-likeness (QED) is 0.567. The molecular formula is C9H19N3O5S. The fraction of sp³-hybridized carbons (Fsp3) is 0.778. The van der Waals surface area contributed by atoms with Crippen LogP contribution in [0.3, 0.4) is 0 Å². The smallest absolute Gasteiger partial charge is 0.306 e. The Bertz CT molecular complexity index is 395. The van der Waals surface area contributed by atoms with Crippen molar-refractivity contribution in [1.82, 2.24) is 13.9 Å². The van der Waals surface area contributed by atoms with Gasteiger partial charge in [0.25, 0.3) is 10.2 Å². The molecule has 0 aliphatic rings. The van der Waals surface area contributed by atoms with E-state index in [2.05, 4.69) is 10.1 Å². The Morgan fingerprint density at radius 1 is 1.22 bits per heavy atom. The van der Waals surface area contributed by atoms with Gasteiger partial charge in [-0.05, 0) is 0 Å². The summed E-state index contributed by atoms with van der Waals surface area (Å²) in [4.78, 5) is 22.0. The van der Waals surface area contributed by atoms with Crippen LogP contribution in [0.2, 0.25) is 0 Å². The van der Waals surface area contributed by atoms with Crippen molar-refractivity contribution in [3.05, 3.63) is 0 Å². The summed E-state index contributed by atoms with van der Waals surface area (Å²) in [6.45, 7) is -0.283. The molecule has 0 heterocycles. The summed E-state index contributed by atoms with van der Waals surface area (Å²) in [5.41, 5.74) is 0. The predicted molar refractivity (Wildman–Crippen MR) is 64.9 cm³/mol. The number of carbonyl (C=O) groups excluding carboxylic acids is 2. The molecule has 0 unspecified atom stereocenters. The van der Waals surface area contributed by atoms with Crippen molar-refractivity contribution in [1.29, 1.82) is 0 Å². The highest BCUT2D eigenvalue weighted by Crippen LogP contribution is 2.04. The van der Waals surface area contributed by atoms with Gasteiger partial charge in [-0.1, -0.05) is 0 Å². The topological polar surface area (TPSA) is 96.0 Å². The summed E-state index contributed by atoms with van der Waals surface area (Å²) in [6, 6.07) is 0. The number of amides is 1. The van der Waals surface area contributed by atoms with Crippen molar-refractivity contribution in [2.45, 2.75) is 6.42 Å². The Morgan fingerprint density at radius 2 is 1.78 bits per heavy atom. The maximum Gasteiger partial charge on any atom is 0.306 e. The number of nitrogens with zero attached hydrogens (tertiary/aromatic N) is 2. The van der Waals surface area contributed by atoms with E-state index >= 15 is 0 Å². The number of nitrogens with one attached hydrogen (secondary N) is 1. The van der Waals surface area contributed by atoms with Gasteiger partial charge < -0.3 is 10.1 Å². The fourth-order valence-corrected chi connectivity index (χ4v) is 2.15. The first-order valence-electron chi connectivity index (χ1n) is 5.20. The van der Waals surface area contributed by atoms with E-state index in [1.807, 2.05) is 0 Å². The van der Waals surface area contributed by atoms with Crippen LogP contribution >= 0.6 is 0 Å². The maximum atomic E-state index is 11.9. The van der Waals surface area contributed by atoms with Gasteiger partial charge in [-0.2, -0.15) is 17.0 Å². The number of esters is 1. The molecule has 9 heteroatoms. The first kappa shape index (κ1) is 16.8. The first-order chi connectivity index (χ1) is 8.25. The number of rotatable bonds is 7. The van der Waals surface area contributed by atoms with Crippen LogP contribution in [0.25, 0.3) is 0 Å². The molecule has 0 aliphatic carbocycles. The molecule has 0 bridgehead atoms. The predicted octanol–water partition coefficient (Wildman–Crippen LogP) is -1.60. The molecule has 0 saturated heterocycles. The molecule has 0 saturated carbocycles. The molecule has 18 heavy (non-hydrogen) atoms. The second-order valence-electron chi connectivity index (χ2n) is 3.58. The minimum absolute atomic E-state index is 0.00685. The molecule has 106 valence electrons. The second-order valence-corrected chi connectivity index (χ2v) is 5.73. The lowest BCUT2D eigenvalue weighted by Crippen LogP contribution is -2.44. The summed E-state index contributed by atoms with van der Waals surface area (Å²) in [7, 11) is 1.52. The Balaban J connectivity index is 4.51. The highest BCUT2D eigenvalue weighted by Gasteiger charge is 2.25. The summed E-state index contributed by atoms with van der Waals surface area (Å²) in [5, 5.41) is 2.33. The summed E-state index contributed by atoms with van der Waals surface area (Å²) in [5.74, 6) is -0.909. The normalized spacial score (nSPS) is 11.7. The maximum absolute atomic E-state index is 11.9. The van der Waals surface area contributed by atoms with Crippen LogP contribution in [0.1, 0.15) is 6.42 Å². The molecule has 0 fully saturated rings. The third kappa shape index (κ3) is 4.98. The van der Waals surface area contributed by atoms with Crippen LogP contribution in [-0.2, 0) is 24.5 Å². The molecule has 0 aromatic carbocycles. The third-order valence-corrected chi connectivity index (χ3v) is 4.18. The van der Waals surface area contributed by atoms with Gasteiger partial charge in [-0.25, -0.2) is 0 Å². The SMILES string of the molecule is CNC(=O)CN(C)S(=O)(=O)N(C)CCC(=O)OC. The number of hydrogen-bond acceptors (Lipinski definition) is 5. The van der Waals surface area contributed by atoms with Crippen molar-refractivity contribution < 1.29 is 22.7 Å². The number of methoxy groups -OCH3 is 1. The molecule has 1 amide bonds. The molecule has 0 atom stereocenters. The molecule has 0 spiro atoms. The lowest BCUT2D eigenvalue weighted by Gasteiger charge is -2.23. The van der Waals surface area contributed by atoms with Crippen molar-refractivity contribution >= 4 is 22.1 Å². The lowest BCUT2D eigenvalue weighted by molar-refractivity contribution is -0.140. The highest BCUT2D eigenvalue weighted by molar-refractivity contribution is 7.86. The summed E-state index contributed by atoms with van der Waals surface area (Å²) >= 11 is 0. The van der Waals surface area contributed by atoms with Crippen LogP contribution in [0.4, 0.5) is 0 Å². The van der Waals surface area contributed by atoms with Crippen molar-refractivity contribution in [2.24, 2.45) is 0 Å². The zero-order valence-electron chi connectivity index (χ0n) is 11.0. The molecule has 0 aromatic heterocycles. The molecule has 0 aromatic rings. The Labute approximate surface area is 107 Å². The zero-order chi connectivity index (χ0) is 14.3. The summed E-state index contributed by atoms with van der Waals surface area (Å²) in [6.07, 6.45) is -0.0416. The van der Waals surface area contributed by atoms with Crippen molar-refractivity contribution in [3.8, 4) is 0 Å². The van der Waals surface area contributed by atoms with Crippen molar-refractivity contribution in [3.63, 3.8) is 0 Å². The van der Waals surface area contributed by atoms with Gasteiger partial charge in [0.1, 0.15) is 0 Å². The number of likely N-dealkylation sites (N-methyl/N-ethyl adjacent to an activating group) is 2. The van der Waals surface area contributed by atoms with Crippen LogP contribution in [-0.4, -0.2) is 70.2 Å². The minimum atomic E-state index is -3.75. The Hall–Kier alpha value is -1.19. The Kier molecular flexibility index (Phi) is 6.81. The molecule has 1 N–H and O–H groups in total. The average Bonchev–Trinajstić information content (AvgIpc) is 2.34. The van der Waals surface area contributed by atoms with Gasteiger partial charge in [-0.3, -0.25) is 9.59 Å². The Morgan fingerprint density at radius 3 is 2.22 bits per heavy atom. The molecule has 8 nitrogen and oxygen atoms in total. The van der Waals surface area contributed by atoms with E-state index in [1.54, 1.807) is 0 Å².